The van der Waals surface area contributed by atoms with Crippen molar-refractivity contribution in [1.29, 1.82) is 0 Å². The first-order chi connectivity index (χ1) is 8.17. The molecule has 1 unspecified atom stereocenters. The van der Waals surface area contributed by atoms with Crippen LogP contribution in [0.4, 0.5) is 4.39 Å². The number of likely N-dealkylation sites (N-methyl/N-ethyl adjacent to an activating group) is 1. The summed E-state index contributed by atoms with van der Waals surface area (Å²) in [7, 11) is 1.77. The second-order valence-corrected chi connectivity index (χ2v) is 3.22. The average molecular weight is 263 g/mol. The van der Waals surface area contributed by atoms with Crippen LogP contribution in [0, 0.1) is 5.82 Å². The fourth-order valence-corrected chi connectivity index (χ4v) is 1.43. The van der Waals surface area contributed by atoms with Gasteiger partial charge in [-0.1, -0.05) is 39.3 Å². The number of rotatable bonds is 3. The van der Waals surface area contributed by atoms with Crippen molar-refractivity contribution in [2.75, 3.05) is 13.6 Å². The molecule has 0 spiro atoms. The van der Waals surface area contributed by atoms with Gasteiger partial charge in [0.1, 0.15) is 5.82 Å². The summed E-state index contributed by atoms with van der Waals surface area (Å²) in [6.07, 6.45) is 0. The molecule has 0 aliphatic carbocycles. The van der Waals surface area contributed by atoms with Gasteiger partial charge >= 0.3 is 0 Å². The van der Waals surface area contributed by atoms with Crippen molar-refractivity contribution < 1.29 is 4.39 Å². The summed E-state index contributed by atoms with van der Waals surface area (Å²) in [5, 5.41) is 3.36. The van der Waals surface area contributed by atoms with Gasteiger partial charge in [0.25, 0.3) is 0 Å². The van der Waals surface area contributed by atoms with Crippen LogP contribution in [0.2, 0.25) is 5.02 Å². The predicted molar refractivity (Wildman–Crippen MR) is 75.0 cm³/mol. The van der Waals surface area contributed by atoms with Gasteiger partial charge in [-0.15, -0.1) is 0 Å². The number of hydrogen-bond acceptors (Lipinski definition) is 2. The van der Waals surface area contributed by atoms with Gasteiger partial charge in [0.2, 0.25) is 0 Å². The molecule has 0 heterocycles. The van der Waals surface area contributed by atoms with E-state index in [1.54, 1.807) is 13.1 Å². The van der Waals surface area contributed by atoms with E-state index in [2.05, 4.69) is 5.32 Å². The summed E-state index contributed by atoms with van der Waals surface area (Å²) in [5.74, 6) is -0.337. The molecular formula is C13H24ClFN2. The second-order valence-electron chi connectivity index (χ2n) is 2.78. The Hall–Kier alpha value is -0.640. The number of halogens is 2. The molecule has 4 heteroatoms. The molecule has 17 heavy (non-hydrogen) atoms. The van der Waals surface area contributed by atoms with Gasteiger partial charge in [-0.05, 0) is 30.8 Å². The van der Waals surface area contributed by atoms with Crippen LogP contribution in [0.5, 0.6) is 0 Å². The normalized spacial score (nSPS) is 10.6. The average Bonchev–Trinajstić information content (AvgIpc) is 2.34. The topological polar surface area (TPSA) is 38.0 Å². The van der Waals surface area contributed by atoms with Crippen molar-refractivity contribution in [3.8, 4) is 0 Å². The molecular weight excluding hydrogens is 239 g/mol. The predicted octanol–water partition coefficient (Wildman–Crippen LogP) is 3.75. The summed E-state index contributed by atoms with van der Waals surface area (Å²) < 4.78 is 12.9. The van der Waals surface area contributed by atoms with E-state index in [1.165, 1.54) is 12.1 Å². The van der Waals surface area contributed by atoms with Crippen molar-refractivity contribution in [3.05, 3.63) is 34.6 Å². The highest BCUT2D eigenvalue weighted by Gasteiger charge is 2.08. The van der Waals surface area contributed by atoms with Gasteiger partial charge in [-0.2, -0.15) is 0 Å². The van der Waals surface area contributed by atoms with Gasteiger partial charge < -0.3 is 11.1 Å². The highest BCUT2D eigenvalue weighted by Crippen LogP contribution is 2.18. The first-order valence-corrected chi connectivity index (χ1v) is 6.38. The Balaban J connectivity index is 0. The minimum absolute atomic E-state index is 0.0480. The van der Waals surface area contributed by atoms with Crippen molar-refractivity contribution in [2.45, 2.75) is 33.7 Å². The molecule has 1 aromatic carbocycles. The Bertz CT molecular complexity index is 268. The third-order valence-electron chi connectivity index (χ3n) is 1.87. The van der Waals surface area contributed by atoms with E-state index in [0.29, 0.717) is 11.6 Å². The van der Waals surface area contributed by atoms with E-state index in [4.69, 9.17) is 17.3 Å². The van der Waals surface area contributed by atoms with Crippen LogP contribution in [0.1, 0.15) is 39.3 Å². The van der Waals surface area contributed by atoms with E-state index in [-0.39, 0.29) is 11.9 Å². The van der Waals surface area contributed by atoms with Crippen molar-refractivity contribution in [2.24, 2.45) is 5.73 Å². The molecule has 1 aromatic rings. The van der Waals surface area contributed by atoms with Crippen LogP contribution >= 0.6 is 11.6 Å². The van der Waals surface area contributed by atoms with E-state index >= 15 is 0 Å². The molecule has 3 N–H and O–H groups in total. The third-order valence-corrected chi connectivity index (χ3v) is 2.09. The lowest BCUT2D eigenvalue weighted by Gasteiger charge is -2.14. The Kier molecular flexibility index (Phi) is 13.0. The molecule has 1 rings (SSSR count). The summed E-state index contributed by atoms with van der Waals surface area (Å²) in [6, 6.07) is 4.36. The monoisotopic (exact) mass is 262 g/mol. The fraction of sp³-hybridized carbons (Fsp3) is 0.538. The largest absolute Gasteiger partial charge is 0.329 e. The van der Waals surface area contributed by atoms with E-state index < -0.39 is 0 Å². The van der Waals surface area contributed by atoms with Crippen LogP contribution in [-0.2, 0) is 0 Å². The lowest BCUT2D eigenvalue weighted by molar-refractivity contribution is 0.587. The van der Waals surface area contributed by atoms with E-state index in [1.807, 2.05) is 27.7 Å². The van der Waals surface area contributed by atoms with Gasteiger partial charge in [0.05, 0.1) is 0 Å². The molecule has 2 nitrogen and oxygen atoms in total. The molecule has 0 aromatic heterocycles. The minimum Gasteiger partial charge on any atom is -0.329 e. The summed E-state index contributed by atoms with van der Waals surface area (Å²) in [6.45, 7) is 8.41. The van der Waals surface area contributed by atoms with Gasteiger partial charge in [0, 0.05) is 17.6 Å². The quantitative estimate of drug-likeness (QED) is 0.871. The van der Waals surface area contributed by atoms with Crippen molar-refractivity contribution in [3.63, 3.8) is 0 Å². The van der Waals surface area contributed by atoms with Gasteiger partial charge in [0.15, 0.2) is 0 Å². The minimum atomic E-state index is -0.337. The van der Waals surface area contributed by atoms with Crippen molar-refractivity contribution in [1.82, 2.24) is 5.32 Å². The van der Waals surface area contributed by atoms with Crippen molar-refractivity contribution >= 4 is 11.6 Å². The summed E-state index contributed by atoms with van der Waals surface area (Å²) >= 11 is 5.70. The highest BCUT2D eigenvalue weighted by atomic mass is 35.5. The maximum absolute atomic E-state index is 12.9. The molecule has 0 bridgehead atoms. The standard InChI is InChI=1S/C9H12ClFN2.2C2H6/c1-13-9(5-12)6-2-7(10)4-8(11)3-6;2*1-2/h2-4,9,13H,5,12H2,1H3;2*1-2H3. The van der Waals surface area contributed by atoms with Crippen LogP contribution < -0.4 is 11.1 Å². The maximum atomic E-state index is 12.9. The molecule has 0 fully saturated rings. The Morgan fingerprint density at radius 2 is 1.76 bits per heavy atom. The first-order valence-electron chi connectivity index (χ1n) is 6.00. The zero-order chi connectivity index (χ0) is 13.8. The molecule has 0 radical (unpaired) electrons. The molecule has 0 aliphatic rings. The Morgan fingerprint density at radius 3 is 2.12 bits per heavy atom. The zero-order valence-electron chi connectivity index (χ0n) is 11.3. The Morgan fingerprint density at radius 1 is 1.24 bits per heavy atom. The molecule has 1 atom stereocenters. The molecule has 0 saturated heterocycles. The number of nitrogens with two attached hydrogens (primary N) is 1. The highest BCUT2D eigenvalue weighted by molar-refractivity contribution is 6.30. The first kappa shape index (κ1) is 18.7. The lowest BCUT2D eigenvalue weighted by atomic mass is 10.1. The molecule has 100 valence electrons. The lowest BCUT2D eigenvalue weighted by Crippen LogP contribution is -2.24. The van der Waals surface area contributed by atoms with Crippen LogP contribution in [0.3, 0.4) is 0 Å². The molecule has 0 aliphatic heterocycles. The van der Waals surface area contributed by atoms with E-state index in [9.17, 15) is 4.39 Å². The van der Waals surface area contributed by atoms with Gasteiger partial charge in [-0.3, -0.25) is 0 Å². The van der Waals surface area contributed by atoms with Crippen LogP contribution in [-0.4, -0.2) is 13.6 Å². The van der Waals surface area contributed by atoms with Crippen LogP contribution in [0.15, 0.2) is 18.2 Å². The SMILES string of the molecule is CC.CC.CNC(CN)c1cc(F)cc(Cl)c1. The third kappa shape index (κ3) is 7.31. The van der Waals surface area contributed by atoms with Gasteiger partial charge in [-0.25, -0.2) is 4.39 Å². The zero-order valence-corrected chi connectivity index (χ0v) is 12.1. The number of benzene rings is 1. The maximum Gasteiger partial charge on any atom is 0.125 e. The summed E-state index contributed by atoms with van der Waals surface area (Å²) in [5.41, 5.74) is 6.26. The smallest absolute Gasteiger partial charge is 0.125 e. The molecule has 0 saturated carbocycles. The number of nitrogens with one attached hydrogen (secondary N) is 1. The fourth-order valence-electron chi connectivity index (χ4n) is 1.20. The summed E-state index contributed by atoms with van der Waals surface area (Å²) in [4.78, 5) is 0. The number of hydrogen-bond donors (Lipinski definition) is 2. The molecule has 0 amide bonds. The van der Waals surface area contributed by atoms with E-state index in [0.717, 1.165) is 5.56 Å². The Labute approximate surface area is 109 Å². The van der Waals surface area contributed by atoms with Crippen LogP contribution in [0.25, 0.3) is 0 Å². The second kappa shape index (κ2) is 11.8.